The molecule has 5 nitrogen and oxygen atoms in total. The fourth-order valence-corrected chi connectivity index (χ4v) is 1.74. The maximum Gasteiger partial charge on any atom is 0.339 e. The minimum atomic E-state index is -1.04. The highest BCUT2D eigenvalue weighted by molar-refractivity contribution is 6.32. The third-order valence-corrected chi connectivity index (χ3v) is 2.71. The number of carbonyl (C=O) groups is 1. The lowest BCUT2D eigenvalue weighted by molar-refractivity contribution is 0.0694. The second kappa shape index (κ2) is 5.10. The van der Waals surface area contributed by atoms with Crippen LogP contribution in [0.25, 0.3) is 11.5 Å². The van der Waals surface area contributed by atoms with Crippen LogP contribution in [0.5, 0.6) is 0 Å². The molecule has 6 heteroatoms. The molecule has 0 aliphatic carbocycles. The Hall–Kier alpha value is -2.01. The molecule has 0 unspecified atom stereocenters. The molecule has 0 aliphatic heterocycles. The van der Waals surface area contributed by atoms with Crippen LogP contribution in [-0.2, 0) is 6.42 Å². The second-order valence-corrected chi connectivity index (χ2v) is 3.95. The number of pyridine rings is 1. The van der Waals surface area contributed by atoms with Crippen LogP contribution >= 0.6 is 11.6 Å². The summed E-state index contributed by atoms with van der Waals surface area (Å²) in [7, 11) is 0. The van der Waals surface area contributed by atoms with Gasteiger partial charge in [-0.2, -0.15) is 0 Å². The van der Waals surface area contributed by atoms with Crippen molar-refractivity contribution >= 4 is 17.6 Å². The first kappa shape index (κ1) is 12.4. The van der Waals surface area contributed by atoms with Gasteiger partial charge in [0.1, 0.15) is 5.69 Å². The molecule has 0 bridgehead atoms. The fraction of sp³-hybridized carbons (Fsp3) is 0.167. The van der Waals surface area contributed by atoms with E-state index in [0.29, 0.717) is 28.7 Å². The summed E-state index contributed by atoms with van der Waals surface area (Å²) in [5, 5.41) is 9.42. The Morgan fingerprint density at radius 3 is 2.83 bits per heavy atom. The Bertz CT molecular complexity index is 602. The van der Waals surface area contributed by atoms with Gasteiger partial charge in [-0.15, -0.1) is 0 Å². The normalized spacial score (nSPS) is 10.3. The summed E-state index contributed by atoms with van der Waals surface area (Å²) < 4.78 is 0. The molecule has 0 amide bonds. The predicted octanol–water partition coefficient (Wildman–Crippen LogP) is 2.45. The summed E-state index contributed by atoms with van der Waals surface area (Å²) in [6.07, 6.45) is 3.37. The molecule has 0 fully saturated rings. The van der Waals surface area contributed by atoms with Gasteiger partial charge in [0.05, 0.1) is 16.3 Å². The number of carboxylic acid groups (broad SMARTS) is 1. The molecule has 18 heavy (non-hydrogen) atoms. The zero-order chi connectivity index (χ0) is 13.1. The largest absolute Gasteiger partial charge is 0.478 e. The average Bonchev–Trinajstić information content (AvgIpc) is 2.38. The Kier molecular flexibility index (Phi) is 3.53. The number of carboxylic acids is 1. The molecule has 2 rings (SSSR count). The molecule has 2 aromatic rings. The van der Waals surface area contributed by atoms with E-state index < -0.39 is 5.97 Å². The van der Waals surface area contributed by atoms with Crippen LogP contribution in [0.4, 0.5) is 0 Å². The van der Waals surface area contributed by atoms with E-state index in [1.807, 2.05) is 6.92 Å². The van der Waals surface area contributed by atoms with E-state index in [1.165, 1.54) is 6.20 Å². The minimum absolute atomic E-state index is 0.105. The van der Waals surface area contributed by atoms with E-state index in [9.17, 15) is 4.79 Å². The third kappa shape index (κ3) is 2.31. The van der Waals surface area contributed by atoms with Crippen LogP contribution in [0.3, 0.4) is 0 Å². The van der Waals surface area contributed by atoms with E-state index >= 15 is 0 Å². The topological polar surface area (TPSA) is 76.0 Å². The monoisotopic (exact) mass is 263 g/mol. The zero-order valence-corrected chi connectivity index (χ0v) is 10.3. The molecule has 0 atom stereocenters. The lowest BCUT2D eigenvalue weighted by atomic mass is 10.2. The van der Waals surface area contributed by atoms with E-state index in [1.54, 1.807) is 18.3 Å². The number of aryl methyl sites for hydroxylation is 1. The van der Waals surface area contributed by atoms with Crippen LogP contribution in [0.1, 0.15) is 23.0 Å². The molecule has 0 saturated heterocycles. The van der Waals surface area contributed by atoms with E-state index in [-0.39, 0.29) is 5.56 Å². The molecule has 0 aromatic carbocycles. The van der Waals surface area contributed by atoms with Gasteiger partial charge in [-0.05, 0) is 18.6 Å². The van der Waals surface area contributed by atoms with Crippen molar-refractivity contribution in [2.45, 2.75) is 13.3 Å². The highest BCUT2D eigenvalue weighted by atomic mass is 35.5. The van der Waals surface area contributed by atoms with Crippen LogP contribution in [0, 0.1) is 0 Å². The average molecular weight is 264 g/mol. The first-order chi connectivity index (χ1) is 8.63. The minimum Gasteiger partial charge on any atom is -0.478 e. The molecule has 2 heterocycles. The van der Waals surface area contributed by atoms with Gasteiger partial charge in [0.15, 0.2) is 5.82 Å². The Balaban J connectivity index is 2.55. The fourth-order valence-electron chi connectivity index (χ4n) is 1.53. The van der Waals surface area contributed by atoms with Crippen LogP contribution in [-0.4, -0.2) is 26.0 Å². The quantitative estimate of drug-likeness (QED) is 0.920. The van der Waals surface area contributed by atoms with E-state index in [4.69, 9.17) is 16.7 Å². The summed E-state index contributed by atoms with van der Waals surface area (Å²) >= 11 is 6.00. The van der Waals surface area contributed by atoms with Gasteiger partial charge in [-0.25, -0.2) is 14.8 Å². The summed E-state index contributed by atoms with van der Waals surface area (Å²) in [5.41, 5.74) is 1.02. The molecular weight excluding hydrogens is 254 g/mol. The first-order valence-corrected chi connectivity index (χ1v) is 5.71. The van der Waals surface area contributed by atoms with Gasteiger partial charge in [0.2, 0.25) is 0 Å². The summed E-state index contributed by atoms with van der Waals surface area (Å²) in [5.74, 6) is -0.701. The van der Waals surface area contributed by atoms with Crippen LogP contribution < -0.4 is 0 Å². The Morgan fingerprint density at radius 2 is 2.22 bits per heavy atom. The molecule has 92 valence electrons. The molecule has 0 aliphatic rings. The van der Waals surface area contributed by atoms with E-state index in [0.717, 1.165) is 0 Å². The van der Waals surface area contributed by atoms with Crippen molar-refractivity contribution in [3.8, 4) is 11.5 Å². The highest BCUT2D eigenvalue weighted by Gasteiger charge is 2.14. The zero-order valence-electron chi connectivity index (χ0n) is 9.59. The van der Waals surface area contributed by atoms with Gasteiger partial charge in [0, 0.05) is 12.4 Å². The van der Waals surface area contributed by atoms with Crippen molar-refractivity contribution in [2.75, 3.05) is 0 Å². The van der Waals surface area contributed by atoms with Gasteiger partial charge in [-0.3, -0.25) is 4.98 Å². The number of rotatable bonds is 3. The van der Waals surface area contributed by atoms with Crippen LogP contribution in [0.15, 0.2) is 24.5 Å². The highest BCUT2D eigenvalue weighted by Crippen LogP contribution is 2.22. The van der Waals surface area contributed by atoms with Crippen molar-refractivity contribution in [2.24, 2.45) is 0 Å². The second-order valence-electron chi connectivity index (χ2n) is 3.55. The number of nitrogens with zero attached hydrogens (tertiary/aromatic N) is 3. The van der Waals surface area contributed by atoms with Gasteiger partial charge >= 0.3 is 5.97 Å². The maximum absolute atomic E-state index is 11.0. The number of aromatic nitrogens is 3. The molecule has 0 spiro atoms. The van der Waals surface area contributed by atoms with Crippen molar-refractivity contribution < 1.29 is 9.90 Å². The standard InChI is InChI=1S/C12H10ClN3O2/c1-2-9-7(12(17)18)6-15-11(16-9)10-8(13)4-3-5-14-10/h3-6H,2H2,1H3,(H,17,18). The summed E-state index contributed by atoms with van der Waals surface area (Å²) in [4.78, 5) is 23.3. The molecule has 0 radical (unpaired) electrons. The first-order valence-electron chi connectivity index (χ1n) is 5.33. The lowest BCUT2D eigenvalue weighted by Gasteiger charge is -2.06. The van der Waals surface area contributed by atoms with E-state index in [2.05, 4.69) is 15.0 Å². The Labute approximate surface area is 109 Å². The van der Waals surface area contributed by atoms with Crippen molar-refractivity contribution in [1.82, 2.24) is 15.0 Å². The smallest absolute Gasteiger partial charge is 0.339 e. The summed E-state index contributed by atoms with van der Waals surface area (Å²) in [6, 6.07) is 3.39. The van der Waals surface area contributed by atoms with Crippen molar-refractivity contribution in [3.63, 3.8) is 0 Å². The van der Waals surface area contributed by atoms with Crippen molar-refractivity contribution in [1.29, 1.82) is 0 Å². The molecule has 0 saturated carbocycles. The molecule has 1 N–H and O–H groups in total. The third-order valence-electron chi connectivity index (χ3n) is 2.40. The maximum atomic E-state index is 11.0. The van der Waals surface area contributed by atoms with Gasteiger partial charge in [0.25, 0.3) is 0 Å². The molecule has 2 aromatic heterocycles. The van der Waals surface area contributed by atoms with Crippen molar-refractivity contribution in [3.05, 3.63) is 40.8 Å². The molecular formula is C12H10ClN3O2. The van der Waals surface area contributed by atoms with Gasteiger partial charge < -0.3 is 5.11 Å². The predicted molar refractivity (Wildman–Crippen MR) is 66.6 cm³/mol. The number of aromatic carboxylic acids is 1. The number of halogens is 1. The SMILES string of the molecule is CCc1nc(-c2ncccc2Cl)ncc1C(=O)O. The summed E-state index contributed by atoms with van der Waals surface area (Å²) in [6.45, 7) is 1.83. The van der Waals surface area contributed by atoms with Gasteiger partial charge in [-0.1, -0.05) is 18.5 Å². The number of hydrogen-bond acceptors (Lipinski definition) is 4. The number of hydrogen-bond donors (Lipinski definition) is 1. The Morgan fingerprint density at radius 1 is 1.44 bits per heavy atom. The lowest BCUT2D eigenvalue weighted by Crippen LogP contribution is -2.07. The van der Waals surface area contributed by atoms with Crippen LogP contribution in [0.2, 0.25) is 5.02 Å².